The van der Waals surface area contributed by atoms with Gasteiger partial charge >= 0.3 is 0 Å². The van der Waals surface area contributed by atoms with Crippen LogP contribution in [0.3, 0.4) is 0 Å². The van der Waals surface area contributed by atoms with Crippen molar-refractivity contribution < 1.29 is 9.23 Å². The van der Waals surface area contributed by atoms with E-state index in [1.807, 2.05) is 12.1 Å². The van der Waals surface area contributed by atoms with E-state index in [1.54, 1.807) is 25.4 Å². The molecule has 0 N–H and O–H groups in total. The number of fused-ring (bicyclic) bond motifs is 2. The highest BCUT2D eigenvalue weighted by Crippen LogP contribution is 2.19. The molecule has 0 bridgehead atoms. The molecule has 8 nitrogen and oxygen atoms in total. The summed E-state index contributed by atoms with van der Waals surface area (Å²) in [4.78, 5) is 17.6. The molecule has 0 aliphatic heterocycles. The highest BCUT2D eigenvalue weighted by molar-refractivity contribution is 5.97. The predicted octanol–water partition coefficient (Wildman–Crippen LogP) is 2.33. The number of benzene rings is 1. The number of rotatable bonds is 4. The average molecular weight is 351 g/mol. The Hall–Kier alpha value is -3.49. The minimum Gasteiger partial charge on any atom is -0.399 e. The molecule has 0 aliphatic carbocycles. The predicted molar refractivity (Wildman–Crippen MR) is 93.1 cm³/mol. The van der Waals surface area contributed by atoms with Crippen LogP contribution in [0.4, 0.5) is 4.39 Å². The molecule has 3 aromatic heterocycles. The largest absolute Gasteiger partial charge is 0.399 e. The molecule has 4 aromatic rings. The molecule has 0 saturated heterocycles. The zero-order chi connectivity index (χ0) is 18.1. The molecule has 0 amide bonds. The smallest absolute Gasteiger partial charge is 0.221 e. The van der Waals surface area contributed by atoms with Crippen molar-refractivity contribution in [2.45, 2.75) is 13.5 Å². The first kappa shape index (κ1) is 16.0. The van der Waals surface area contributed by atoms with E-state index in [0.717, 1.165) is 5.39 Å². The van der Waals surface area contributed by atoms with Gasteiger partial charge < -0.3 is 4.84 Å². The molecule has 0 unspecified atom stereocenters. The van der Waals surface area contributed by atoms with Gasteiger partial charge in [-0.3, -0.25) is 4.98 Å². The van der Waals surface area contributed by atoms with Gasteiger partial charge in [0.15, 0.2) is 5.65 Å². The monoisotopic (exact) mass is 351 g/mol. The van der Waals surface area contributed by atoms with Gasteiger partial charge in [0.25, 0.3) is 0 Å². The summed E-state index contributed by atoms with van der Waals surface area (Å²) < 4.78 is 16.0. The van der Waals surface area contributed by atoms with Crippen molar-refractivity contribution in [3.63, 3.8) is 0 Å². The zero-order valence-electron chi connectivity index (χ0n) is 14.1. The van der Waals surface area contributed by atoms with Gasteiger partial charge in [0.1, 0.15) is 24.3 Å². The van der Waals surface area contributed by atoms with Crippen LogP contribution >= 0.6 is 0 Å². The Balaban J connectivity index is 1.76. The third-order valence-electron chi connectivity index (χ3n) is 3.92. The van der Waals surface area contributed by atoms with Crippen LogP contribution in [0, 0.1) is 5.82 Å². The second-order valence-corrected chi connectivity index (χ2v) is 5.65. The lowest BCUT2D eigenvalue weighted by Gasteiger charge is -2.06. The van der Waals surface area contributed by atoms with Crippen LogP contribution in [-0.4, -0.2) is 42.8 Å². The van der Waals surface area contributed by atoms with E-state index in [0.29, 0.717) is 33.8 Å². The summed E-state index contributed by atoms with van der Waals surface area (Å²) in [7, 11) is 1.46. The van der Waals surface area contributed by atoms with E-state index in [9.17, 15) is 4.39 Å². The molecular formula is C17H14FN7O. The number of aromatic nitrogens is 6. The molecular weight excluding hydrogens is 337 g/mol. The van der Waals surface area contributed by atoms with Crippen molar-refractivity contribution in [3.05, 3.63) is 53.7 Å². The minimum absolute atomic E-state index is 0.172. The molecule has 9 heteroatoms. The molecule has 1 aromatic carbocycles. The van der Waals surface area contributed by atoms with Crippen molar-refractivity contribution in [2.24, 2.45) is 5.16 Å². The van der Waals surface area contributed by atoms with E-state index >= 15 is 0 Å². The number of oxime groups is 1. The number of hydrogen-bond acceptors (Lipinski definition) is 7. The number of halogens is 1. The highest BCUT2D eigenvalue weighted by Gasteiger charge is 2.13. The molecule has 3 heterocycles. The molecule has 0 fully saturated rings. The van der Waals surface area contributed by atoms with Gasteiger partial charge in [0.05, 0.1) is 18.3 Å². The molecule has 4 rings (SSSR count). The third-order valence-corrected chi connectivity index (χ3v) is 3.92. The summed E-state index contributed by atoms with van der Waals surface area (Å²) in [5, 5.41) is 12.7. The molecule has 0 radical (unpaired) electrons. The molecule has 0 atom stereocenters. The van der Waals surface area contributed by atoms with E-state index in [1.165, 1.54) is 17.9 Å². The van der Waals surface area contributed by atoms with E-state index < -0.39 is 0 Å². The van der Waals surface area contributed by atoms with Crippen LogP contribution in [0.2, 0.25) is 0 Å². The van der Waals surface area contributed by atoms with E-state index in [4.69, 9.17) is 4.84 Å². The Bertz CT molecular complexity index is 1140. The highest BCUT2D eigenvalue weighted by atomic mass is 19.1. The summed E-state index contributed by atoms with van der Waals surface area (Å²) in [6.45, 7) is 1.93. The molecule has 26 heavy (non-hydrogen) atoms. The number of pyridine rings is 1. The first-order valence-electron chi connectivity index (χ1n) is 7.83. The van der Waals surface area contributed by atoms with Crippen molar-refractivity contribution >= 4 is 27.9 Å². The van der Waals surface area contributed by atoms with Gasteiger partial charge in [0, 0.05) is 23.2 Å². The standard InChI is InChI=1S/C17H14FN7O/c1-10(23-26-2)15-8-20-16-17(21-15)25(24-22-16)9-12-6-11-4-3-5-19-14(11)7-13(12)18/h3-8H,9H2,1-2H3/b23-10-. The molecule has 0 saturated carbocycles. The van der Waals surface area contributed by atoms with Crippen molar-refractivity contribution in [2.75, 3.05) is 7.11 Å². The zero-order valence-corrected chi connectivity index (χ0v) is 14.1. The van der Waals surface area contributed by atoms with Crippen molar-refractivity contribution in [3.8, 4) is 0 Å². The average Bonchev–Trinajstić information content (AvgIpc) is 3.04. The second-order valence-electron chi connectivity index (χ2n) is 5.65. The van der Waals surface area contributed by atoms with Crippen molar-refractivity contribution in [1.29, 1.82) is 0 Å². The van der Waals surface area contributed by atoms with E-state index in [2.05, 4.69) is 30.4 Å². The summed E-state index contributed by atoms with van der Waals surface area (Å²) in [5.74, 6) is -0.360. The summed E-state index contributed by atoms with van der Waals surface area (Å²) >= 11 is 0. The quantitative estimate of drug-likeness (QED) is 0.414. The fourth-order valence-electron chi connectivity index (χ4n) is 2.64. The van der Waals surface area contributed by atoms with Gasteiger partial charge in [-0.15, -0.1) is 5.10 Å². The fourth-order valence-corrected chi connectivity index (χ4v) is 2.64. The van der Waals surface area contributed by atoms with Gasteiger partial charge in [-0.05, 0) is 19.1 Å². The topological polar surface area (TPSA) is 91.0 Å². The number of hydrogen-bond donors (Lipinski definition) is 0. The summed E-state index contributed by atoms with van der Waals surface area (Å²) in [6.07, 6.45) is 3.18. The maximum atomic E-state index is 14.4. The Kier molecular flexibility index (Phi) is 3.96. The SMILES string of the molecule is CO/N=C(/C)c1cnc2nnn(Cc3cc4cccnc4cc3F)c2n1. The lowest BCUT2D eigenvalue weighted by atomic mass is 10.1. The van der Waals surface area contributed by atoms with Crippen LogP contribution in [0.25, 0.3) is 22.2 Å². The van der Waals surface area contributed by atoms with Gasteiger partial charge in [-0.25, -0.2) is 19.0 Å². The Morgan fingerprint density at radius 1 is 1.31 bits per heavy atom. The normalized spacial score (nSPS) is 12.0. The van der Waals surface area contributed by atoms with Crippen LogP contribution < -0.4 is 0 Å². The van der Waals surface area contributed by atoms with Crippen LogP contribution in [0.5, 0.6) is 0 Å². The molecule has 130 valence electrons. The molecule has 0 aliphatic rings. The molecule has 0 spiro atoms. The second kappa shape index (κ2) is 6.43. The maximum Gasteiger partial charge on any atom is 0.221 e. The Morgan fingerprint density at radius 2 is 2.19 bits per heavy atom. The summed E-state index contributed by atoms with van der Waals surface area (Å²) in [6, 6.07) is 6.86. The fraction of sp³-hybridized carbons (Fsp3) is 0.176. The van der Waals surface area contributed by atoms with Crippen LogP contribution in [-0.2, 0) is 11.4 Å². The first-order chi connectivity index (χ1) is 12.7. The van der Waals surface area contributed by atoms with E-state index in [-0.39, 0.29) is 12.4 Å². The first-order valence-corrected chi connectivity index (χ1v) is 7.83. The maximum absolute atomic E-state index is 14.4. The van der Waals surface area contributed by atoms with Crippen LogP contribution in [0.15, 0.2) is 41.8 Å². The Labute approximate surface area is 147 Å². The van der Waals surface area contributed by atoms with Gasteiger partial charge in [-0.2, -0.15) is 0 Å². The third kappa shape index (κ3) is 2.83. The van der Waals surface area contributed by atoms with Crippen molar-refractivity contribution in [1.82, 2.24) is 29.9 Å². The lowest BCUT2D eigenvalue weighted by molar-refractivity contribution is 0.213. The number of nitrogens with zero attached hydrogens (tertiary/aromatic N) is 7. The van der Waals surface area contributed by atoms with Gasteiger partial charge in [-0.1, -0.05) is 16.4 Å². The summed E-state index contributed by atoms with van der Waals surface area (Å²) in [5.41, 5.74) is 2.99. The van der Waals surface area contributed by atoms with Crippen LogP contribution in [0.1, 0.15) is 18.2 Å². The lowest BCUT2D eigenvalue weighted by Crippen LogP contribution is -2.07. The van der Waals surface area contributed by atoms with Gasteiger partial charge in [0.2, 0.25) is 5.65 Å². The minimum atomic E-state index is -0.360. The Morgan fingerprint density at radius 3 is 3.04 bits per heavy atom.